The number of rotatable bonds is 13. The molecule has 0 aliphatic carbocycles. The Morgan fingerprint density at radius 2 is 0.970 bits per heavy atom. The third-order valence-electron chi connectivity index (χ3n) is 15.5. The van der Waals surface area contributed by atoms with Gasteiger partial charge in [0, 0.05) is 118 Å². The zero-order chi connectivity index (χ0) is 71.8. The quantitative estimate of drug-likeness (QED) is 0.0626. The van der Waals surface area contributed by atoms with E-state index >= 15 is 0 Å². The number of benzene rings is 5. The lowest BCUT2D eigenvalue weighted by Gasteiger charge is -2.34. The summed E-state index contributed by atoms with van der Waals surface area (Å²) in [4.78, 5) is 47.7. The van der Waals surface area contributed by atoms with E-state index in [1.54, 1.807) is 36.8 Å². The van der Waals surface area contributed by atoms with Crippen LogP contribution < -0.4 is 46.7 Å². The van der Waals surface area contributed by atoms with Crippen LogP contribution in [0.15, 0.2) is 145 Å². The van der Waals surface area contributed by atoms with Crippen LogP contribution >= 0.6 is 11.6 Å². The summed E-state index contributed by atoms with van der Waals surface area (Å²) in [6.07, 6.45) is 8.92. The SMILES string of the molecule is Cc1cnc(Nc2ccc(N3CCN(C)CC3)cc2)nc1N.Cc1ncc(C)c(Nc2ccc(Cl)c(C)c2)n1.Cc1ncc(C)c(Nc2cccc(C(C)(C)C)c2)n1.Cc1ncc(C)c(Nc2cccc(S(=O)(=O)CC(C)(C)C)c2)n1.Cc1ncc(C)c(Nc2cccc3c2OCO3)n1. The van der Waals surface area contributed by atoms with E-state index in [9.17, 15) is 8.42 Å². The number of aryl methyl sites for hydroxylation is 10. The third-order valence-corrected chi connectivity index (χ3v) is 18.2. The lowest BCUT2D eigenvalue weighted by molar-refractivity contribution is 0.174. The molecule has 12 rings (SSSR count). The number of fused-ring (bicyclic) bond motifs is 1. The van der Waals surface area contributed by atoms with Crippen molar-refractivity contribution in [3.05, 3.63) is 207 Å². The van der Waals surface area contributed by atoms with Crippen molar-refractivity contribution in [3.63, 3.8) is 0 Å². The molecule has 1 fully saturated rings. The summed E-state index contributed by atoms with van der Waals surface area (Å²) in [5.41, 5.74) is 18.7. The van der Waals surface area contributed by atoms with Gasteiger partial charge in [-0.15, -0.1) is 0 Å². The van der Waals surface area contributed by atoms with Crippen LogP contribution in [0.5, 0.6) is 11.5 Å². The average Bonchev–Trinajstić information content (AvgIpc) is 1.78. The minimum Gasteiger partial charge on any atom is -0.454 e. The van der Waals surface area contributed by atoms with Gasteiger partial charge in [-0.05, 0) is 183 Å². The Labute approximate surface area is 588 Å². The summed E-state index contributed by atoms with van der Waals surface area (Å²) < 4.78 is 35.8. The summed E-state index contributed by atoms with van der Waals surface area (Å²) in [6.45, 7) is 36.2. The molecule has 0 radical (unpaired) electrons. The smallest absolute Gasteiger partial charge is 0.231 e. The molecule has 0 atom stereocenters. The summed E-state index contributed by atoms with van der Waals surface area (Å²) in [5, 5.41) is 17.0. The highest BCUT2D eigenvalue weighted by atomic mass is 35.5. The van der Waals surface area contributed by atoms with Gasteiger partial charge in [0.25, 0.3) is 0 Å². The van der Waals surface area contributed by atoms with Crippen LogP contribution in [0.25, 0.3) is 0 Å². The molecule has 1 saturated heterocycles. The Morgan fingerprint density at radius 1 is 0.495 bits per heavy atom. The van der Waals surface area contributed by atoms with E-state index < -0.39 is 9.84 Å². The number of nitrogens with one attached hydrogen (secondary N) is 5. The van der Waals surface area contributed by atoms with Gasteiger partial charge in [0.1, 0.15) is 52.4 Å². The predicted molar refractivity (Wildman–Crippen MR) is 402 cm³/mol. The van der Waals surface area contributed by atoms with Crippen molar-refractivity contribution in [1.82, 2.24) is 54.7 Å². The van der Waals surface area contributed by atoms with Crippen molar-refractivity contribution < 1.29 is 17.9 Å². The van der Waals surface area contributed by atoms with E-state index in [-0.39, 0.29) is 23.4 Å². The Balaban J connectivity index is 0.000000158. The molecule has 2 aliphatic rings. The number of likely N-dealkylation sites (N-methyl/N-ethyl adjacent to an activating group) is 1. The molecule has 22 nitrogen and oxygen atoms in total. The number of nitrogen functional groups attached to an aromatic ring is 1. The molecular formula is C75H93ClN18O4S. The van der Waals surface area contributed by atoms with Crippen LogP contribution in [0.3, 0.4) is 0 Å². The molecule has 24 heteroatoms. The first-order valence-corrected chi connectivity index (χ1v) is 34.6. The van der Waals surface area contributed by atoms with Crippen molar-refractivity contribution in [2.24, 2.45) is 5.41 Å². The van der Waals surface area contributed by atoms with Gasteiger partial charge >= 0.3 is 0 Å². The number of anilines is 12. The standard InChI is InChI=1S/C17H23N3O2S.C16H22N6.C16H21N3.C13H14ClN3.C13H13N3O2/c1-12-10-18-13(2)19-16(12)20-14-7-6-8-15(9-14)23(21,22)11-17(3,4)5;1-12-11-18-16(20-15(12)17)19-13-3-5-14(6-4-13)22-9-7-21(2)8-10-22;1-11-10-17-12(2)18-15(11)19-14-8-6-7-13(9-14)16(3,4)5;1-8-6-11(4-5-12(8)14)17-13-9(2)7-15-10(3)16-13;1-8-6-14-9(2)15-13(8)16-10-4-3-5-11-12(10)18-7-17-11/h6-10H,11H2,1-5H3,(H,18,19,20);3-6,11H,7-10H2,1-2H3,(H3,17,18,19,20);6-10H,1-5H3,(H,17,18,19);4-7H,1-3H3,(H,15,16,17);3-6H,7H2,1-2H3,(H,14,15,16). The number of para-hydroxylation sites is 1. The summed E-state index contributed by atoms with van der Waals surface area (Å²) in [6, 6.07) is 35.2. The first kappa shape index (κ1) is 74.7. The van der Waals surface area contributed by atoms with Crippen LogP contribution in [0.2, 0.25) is 5.02 Å². The minimum absolute atomic E-state index is 0.106. The molecular weight excluding hydrogens is 1280 g/mol. The van der Waals surface area contributed by atoms with Gasteiger partial charge in [0.05, 0.1) is 16.3 Å². The zero-order valence-corrected chi connectivity index (χ0v) is 61.5. The van der Waals surface area contributed by atoms with E-state index in [0.717, 1.165) is 134 Å². The van der Waals surface area contributed by atoms with E-state index in [4.69, 9.17) is 26.8 Å². The topological polar surface area (TPSA) is 274 Å². The van der Waals surface area contributed by atoms with Crippen molar-refractivity contribution in [2.45, 2.75) is 121 Å². The summed E-state index contributed by atoms with van der Waals surface area (Å²) in [7, 11) is -1.16. The van der Waals surface area contributed by atoms with Crippen LogP contribution in [-0.2, 0) is 15.3 Å². The Hall–Kier alpha value is -10.1. The predicted octanol–water partition coefficient (Wildman–Crippen LogP) is 16.0. The van der Waals surface area contributed by atoms with Gasteiger partial charge in [0.15, 0.2) is 21.3 Å². The molecule has 7 N–H and O–H groups in total. The van der Waals surface area contributed by atoms with Crippen molar-refractivity contribution in [3.8, 4) is 11.5 Å². The van der Waals surface area contributed by atoms with Gasteiger partial charge in [-0.3, -0.25) is 0 Å². The van der Waals surface area contributed by atoms with Crippen molar-refractivity contribution >= 4 is 90.6 Å². The van der Waals surface area contributed by atoms with Gasteiger partial charge in [-0.25, -0.2) is 53.3 Å². The average molecular weight is 1380 g/mol. The molecule has 5 aromatic heterocycles. The lowest BCUT2D eigenvalue weighted by Crippen LogP contribution is -2.44. The first-order valence-electron chi connectivity index (χ1n) is 32.6. The number of ether oxygens (including phenoxy) is 2. The molecule has 99 heavy (non-hydrogen) atoms. The maximum atomic E-state index is 12.5. The highest BCUT2D eigenvalue weighted by Crippen LogP contribution is 2.40. The highest BCUT2D eigenvalue weighted by Gasteiger charge is 2.24. The highest BCUT2D eigenvalue weighted by molar-refractivity contribution is 7.91. The van der Waals surface area contributed by atoms with Crippen LogP contribution in [0, 0.1) is 74.7 Å². The second kappa shape index (κ2) is 33.4. The maximum Gasteiger partial charge on any atom is 0.231 e. The number of aromatic nitrogens is 10. The van der Waals surface area contributed by atoms with Crippen LogP contribution in [0.1, 0.15) is 104 Å². The molecule has 0 spiro atoms. The fourth-order valence-electron chi connectivity index (χ4n) is 9.86. The lowest BCUT2D eigenvalue weighted by atomic mass is 9.87. The van der Waals surface area contributed by atoms with Gasteiger partial charge < -0.3 is 51.6 Å². The third kappa shape index (κ3) is 22.5. The van der Waals surface area contributed by atoms with Crippen LogP contribution in [0.4, 0.5) is 69.2 Å². The maximum absolute atomic E-state index is 12.5. The second-order valence-corrected chi connectivity index (χ2v) is 29.1. The Bertz CT molecular complexity index is 4500. The number of nitrogens with zero attached hydrogens (tertiary/aromatic N) is 12. The molecule has 2 aliphatic heterocycles. The molecule has 5 aromatic carbocycles. The zero-order valence-electron chi connectivity index (χ0n) is 59.9. The molecule has 10 aromatic rings. The first-order chi connectivity index (χ1) is 46.8. The number of hydrogen-bond acceptors (Lipinski definition) is 22. The fourth-order valence-corrected chi connectivity index (χ4v) is 11.9. The van der Waals surface area contributed by atoms with E-state index in [1.165, 1.54) is 11.3 Å². The number of piperazine rings is 1. The second-order valence-electron chi connectivity index (χ2n) is 26.7. The van der Waals surface area contributed by atoms with Crippen molar-refractivity contribution in [1.29, 1.82) is 0 Å². The fraction of sp³-hybridized carbons (Fsp3) is 0.333. The Morgan fingerprint density at radius 3 is 1.47 bits per heavy atom. The molecule has 520 valence electrons. The largest absolute Gasteiger partial charge is 0.454 e. The van der Waals surface area contributed by atoms with E-state index in [1.807, 2.05) is 157 Å². The molecule has 0 bridgehead atoms. The van der Waals surface area contributed by atoms with E-state index in [0.29, 0.717) is 34.0 Å². The van der Waals surface area contributed by atoms with Crippen molar-refractivity contribution in [2.75, 3.05) is 83.0 Å². The number of hydrogen-bond donors (Lipinski definition) is 6. The number of halogens is 1. The molecule has 7 heterocycles. The minimum atomic E-state index is -3.32. The Kier molecular flexibility index (Phi) is 25.2. The molecule has 0 unspecified atom stereocenters. The molecule has 0 amide bonds. The molecule has 0 saturated carbocycles. The van der Waals surface area contributed by atoms with E-state index in [2.05, 4.69) is 150 Å². The van der Waals surface area contributed by atoms with Crippen LogP contribution in [-0.4, -0.2) is 109 Å². The number of sulfone groups is 1. The number of nitrogens with two attached hydrogens (primary N) is 1. The van der Waals surface area contributed by atoms with Gasteiger partial charge in [-0.1, -0.05) is 77.4 Å². The van der Waals surface area contributed by atoms with Gasteiger partial charge in [-0.2, -0.15) is 4.98 Å². The summed E-state index contributed by atoms with van der Waals surface area (Å²) in [5.74, 6) is 8.71. The monoisotopic (exact) mass is 1380 g/mol. The normalized spacial score (nSPS) is 12.6. The summed E-state index contributed by atoms with van der Waals surface area (Å²) >= 11 is 5.99. The van der Waals surface area contributed by atoms with Gasteiger partial charge in [0.2, 0.25) is 12.7 Å².